The van der Waals surface area contributed by atoms with Crippen molar-refractivity contribution in [2.45, 2.75) is 25.9 Å². The molecular formula is C22H24FN7S. The number of para-hydroxylation sites is 1. The Bertz CT molecular complexity index is 1120. The van der Waals surface area contributed by atoms with Gasteiger partial charge < -0.3 is 4.90 Å². The van der Waals surface area contributed by atoms with Gasteiger partial charge in [0, 0.05) is 26.2 Å². The largest absolute Gasteiger partial charge is 0.345 e. The summed E-state index contributed by atoms with van der Waals surface area (Å²) in [5.41, 5.74) is 2.04. The Labute approximate surface area is 184 Å². The van der Waals surface area contributed by atoms with Crippen LogP contribution in [0, 0.1) is 5.82 Å². The summed E-state index contributed by atoms with van der Waals surface area (Å²) in [5, 5.41) is 13.6. The maximum Gasteiger partial charge on any atom is 0.186 e. The molecule has 4 aromatic rings. The molecule has 1 atom stereocenters. The van der Waals surface area contributed by atoms with Gasteiger partial charge in [-0.3, -0.25) is 4.90 Å². The summed E-state index contributed by atoms with van der Waals surface area (Å²) in [5.74, 6) is 0.624. The first-order chi connectivity index (χ1) is 15.2. The summed E-state index contributed by atoms with van der Waals surface area (Å²) in [4.78, 5) is 9.63. The van der Waals surface area contributed by atoms with E-state index in [0.29, 0.717) is 6.54 Å². The second-order valence-corrected chi connectivity index (χ2v) is 8.74. The van der Waals surface area contributed by atoms with Crippen molar-refractivity contribution in [3.63, 3.8) is 0 Å². The lowest BCUT2D eigenvalue weighted by atomic mass is 10.1. The average Bonchev–Trinajstić information content (AvgIpc) is 3.44. The molecule has 0 bridgehead atoms. The van der Waals surface area contributed by atoms with Gasteiger partial charge in [0.25, 0.3) is 0 Å². The van der Waals surface area contributed by atoms with Gasteiger partial charge in [0.2, 0.25) is 0 Å². The van der Waals surface area contributed by atoms with Crippen molar-refractivity contribution < 1.29 is 4.39 Å². The lowest BCUT2D eigenvalue weighted by Gasteiger charge is -2.38. The molecule has 9 heteroatoms. The smallest absolute Gasteiger partial charge is 0.186 e. The number of anilines is 1. The minimum Gasteiger partial charge on any atom is -0.345 e. The molecule has 1 aliphatic heterocycles. The quantitative estimate of drug-likeness (QED) is 0.458. The van der Waals surface area contributed by atoms with Gasteiger partial charge in [-0.05, 0) is 46.7 Å². The number of aromatic nitrogens is 5. The molecule has 3 heterocycles. The third-order valence-electron chi connectivity index (χ3n) is 5.80. The number of rotatable bonds is 6. The summed E-state index contributed by atoms with van der Waals surface area (Å²) in [6, 6.07) is 14.9. The van der Waals surface area contributed by atoms with Crippen molar-refractivity contribution in [2.24, 2.45) is 0 Å². The highest BCUT2D eigenvalue weighted by Gasteiger charge is 2.28. The number of nitrogens with zero attached hydrogens (tertiary/aromatic N) is 7. The predicted octanol–water partition coefficient (Wildman–Crippen LogP) is 3.74. The second-order valence-electron chi connectivity index (χ2n) is 7.73. The SMILES string of the molecule is CC[C@H](c1nnnn1Cc1ccc(F)cc1)N1CCN(c2nc3ccccc3s2)CC1. The Kier molecular flexibility index (Phi) is 5.61. The summed E-state index contributed by atoms with van der Waals surface area (Å²) >= 11 is 1.75. The van der Waals surface area contributed by atoms with Crippen molar-refractivity contribution in [1.29, 1.82) is 0 Å². The zero-order valence-electron chi connectivity index (χ0n) is 17.4. The van der Waals surface area contributed by atoms with Crippen LogP contribution in [0.3, 0.4) is 0 Å². The molecule has 0 amide bonds. The molecule has 0 N–H and O–H groups in total. The fourth-order valence-electron chi connectivity index (χ4n) is 4.15. The Morgan fingerprint density at radius 2 is 1.81 bits per heavy atom. The molecule has 160 valence electrons. The van der Waals surface area contributed by atoms with Crippen molar-refractivity contribution >= 4 is 26.7 Å². The van der Waals surface area contributed by atoms with Crippen molar-refractivity contribution in [3.05, 3.63) is 65.7 Å². The number of benzene rings is 2. The zero-order chi connectivity index (χ0) is 21.2. The molecule has 0 saturated carbocycles. The Balaban J connectivity index is 1.28. The van der Waals surface area contributed by atoms with Crippen LogP contribution in [0.5, 0.6) is 0 Å². The van der Waals surface area contributed by atoms with E-state index in [2.05, 4.69) is 50.4 Å². The molecule has 0 aliphatic carbocycles. The average molecular weight is 438 g/mol. The van der Waals surface area contributed by atoms with Gasteiger partial charge in [-0.15, -0.1) is 5.10 Å². The van der Waals surface area contributed by atoms with Crippen LogP contribution in [0.1, 0.15) is 30.8 Å². The van der Waals surface area contributed by atoms with Gasteiger partial charge in [-0.2, -0.15) is 0 Å². The number of hydrogen-bond donors (Lipinski definition) is 0. The number of thiazole rings is 1. The molecule has 1 aliphatic rings. The second kappa shape index (κ2) is 8.68. The van der Waals surface area contributed by atoms with E-state index in [9.17, 15) is 4.39 Å². The minimum absolute atomic E-state index is 0.146. The van der Waals surface area contributed by atoms with Crippen molar-refractivity contribution in [2.75, 3.05) is 31.1 Å². The molecule has 7 nitrogen and oxygen atoms in total. The fourth-order valence-corrected chi connectivity index (χ4v) is 5.17. The highest BCUT2D eigenvalue weighted by atomic mass is 32.1. The van der Waals surface area contributed by atoms with Gasteiger partial charge in [-0.25, -0.2) is 14.1 Å². The number of fused-ring (bicyclic) bond motifs is 1. The van der Waals surface area contributed by atoms with Gasteiger partial charge in [0.15, 0.2) is 11.0 Å². The Hall–Kier alpha value is -2.91. The van der Waals surface area contributed by atoms with E-state index in [0.717, 1.165) is 54.6 Å². The fraction of sp³-hybridized carbons (Fsp3) is 0.364. The first kappa shape index (κ1) is 20.0. The number of tetrazole rings is 1. The van der Waals surface area contributed by atoms with Crippen LogP contribution in [0.4, 0.5) is 9.52 Å². The topological polar surface area (TPSA) is 63.0 Å². The number of piperazine rings is 1. The van der Waals surface area contributed by atoms with Crippen LogP contribution < -0.4 is 4.90 Å². The molecule has 2 aromatic carbocycles. The molecular weight excluding hydrogens is 413 g/mol. The van der Waals surface area contributed by atoms with Gasteiger partial charge >= 0.3 is 0 Å². The van der Waals surface area contributed by atoms with Crippen molar-refractivity contribution in [3.8, 4) is 0 Å². The Morgan fingerprint density at radius 3 is 2.55 bits per heavy atom. The molecule has 1 saturated heterocycles. The monoisotopic (exact) mass is 437 g/mol. The Morgan fingerprint density at radius 1 is 1.03 bits per heavy atom. The maximum absolute atomic E-state index is 13.2. The summed E-state index contributed by atoms with van der Waals surface area (Å²) < 4.78 is 16.3. The van der Waals surface area contributed by atoms with Crippen LogP contribution in [-0.4, -0.2) is 56.3 Å². The van der Waals surface area contributed by atoms with Crippen molar-refractivity contribution in [1.82, 2.24) is 30.1 Å². The summed E-state index contributed by atoms with van der Waals surface area (Å²) in [6.45, 7) is 6.41. The predicted molar refractivity (Wildman–Crippen MR) is 120 cm³/mol. The third kappa shape index (κ3) is 4.15. The van der Waals surface area contributed by atoms with Crippen LogP contribution in [0.25, 0.3) is 10.2 Å². The highest BCUT2D eigenvalue weighted by molar-refractivity contribution is 7.22. The first-order valence-electron chi connectivity index (χ1n) is 10.6. The zero-order valence-corrected chi connectivity index (χ0v) is 18.2. The van der Waals surface area contributed by atoms with Gasteiger partial charge in [-0.1, -0.05) is 42.5 Å². The van der Waals surface area contributed by atoms with E-state index in [1.54, 1.807) is 23.5 Å². The molecule has 1 fully saturated rings. The molecule has 0 radical (unpaired) electrons. The van der Waals surface area contributed by atoms with E-state index in [1.165, 1.54) is 16.8 Å². The number of hydrogen-bond acceptors (Lipinski definition) is 7. The molecule has 31 heavy (non-hydrogen) atoms. The van der Waals surface area contributed by atoms with E-state index < -0.39 is 0 Å². The van der Waals surface area contributed by atoms with Gasteiger partial charge in [0.05, 0.1) is 22.8 Å². The highest BCUT2D eigenvalue weighted by Crippen LogP contribution is 2.31. The van der Waals surface area contributed by atoms with Gasteiger partial charge in [0.1, 0.15) is 5.82 Å². The van der Waals surface area contributed by atoms with Crippen LogP contribution >= 0.6 is 11.3 Å². The summed E-state index contributed by atoms with van der Waals surface area (Å²) in [6.07, 6.45) is 0.922. The third-order valence-corrected chi connectivity index (χ3v) is 6.90. The normalized spacial score (nSPS) is 16.1. The first-order valence-corrected chi connectivity index (χ1v) is 11.4. The van der Waals surface area contributed by atoms with E-state index >= 15 is 0 Å². The lowest BCUT2D eigenvalue weighted by Crippen LogP contribution is -2.48. The standard InChI is InChI=1S/C22H24FN7S/c1-2-19(21-25-26-27-30(21)15-16-7-9-17(23)10-8-16)28-11-13-29(14-12-28)22-24-18-5-3-4-6-20(18)31-22/h3-10,19H,2,11-15H2,1H3/t19-/m1/s1. The molecule has 0 spiro atoms. The van der Waals surface area contributed by atoms with E-state index in [4.69, 9.17) is 4.98 Å². The molecule has 0 unspecified atom stereocenters. The van der Waals surface area contributed by atoms with E-state index in [1.807, 2.05) is 10.7 Å². The maximum atomic E-state index is 13.2. The molecule has 2 aromatic heterocycles. The summed E-state index contributed by atoms with van der Waals surface area (Å²) in [7, 11) is 0. The number of halogens is 1. The molecule has 5 rings (SSSR count). The van der Waals surface area contributed by atoms with Crippen LogP contribution in [-0.2, 0) is 6.54 Å². The van der Waals surface area contributed by atoms with Crippen LogP contribution in [0.2, 0.25) is 0 Å². The van der Waals surface area contributed by atoms with E-state index in [-0.39, 0.29) is 11.9 Å². The lowest BCUT2D eigenvalue weighted by molar-refractivity contribution is 0.169. The minimum atomic E-state index is -0.238. The van der Waals surface area contributed by atoms with Crippen LogP contribution in [0.15, 0.2) is 48.5 Å².